The smallest absolute Gasteiger partial charge is 0.149 e. The lowest BCUT2D eigenvalue weighted by atomic mass is 10.1. The van der Waals surface area contributed by atoms with Gasteiger partial charge in [-0.25, -0.2) is 4.39 Å². The third-order valence-electron chi connectivity index (χ3n) is 2.94. The van der Waals surface area contributed by atoms with E-state index in [9.17, 15) is 4.39 Å². The van der Waals surface area contributed by atoms with Gasteiger partial charge in [0, 0.05) is 6.07 Å². The third-order valence-corrected chi connectivity index (χ3v) is 2.94. The summed E-state index contributed by atoms with van der Waals surface area (Å²) >= 11 is 0. The Morgan fingerprint density at radius 2 is 1.79 bits per heavy atom. The predicted octanol–water partition coefficient (Wildman–Crippen LogP) is 3.81. The van der Waals surface area contributed by atoms with E-state index in [0.29, 0.717) is 12.4 Å². The monoisotopic (exact) mass is 259 g/mol. The molecular formula is C16H18FNO. The molecule has 0 aliphatic carbocycles. The number of nitrogens with two attached hydrogens (primary N) is 1. The van der Waals surface area contributed by atoms with E-state index >= 15 is 0 Å². The Kier molecular flexibility index (Phi) is 4.78. The van der Waals surface area contributed by atoms with Crippen LogP contribution in [0.4, 0.5) is 10.1 Å². The Hall–Kier alpha value is -2.03. The summed E-state index contributed by atoms with van der Waals surface area (Å²) in [5.41, 5.74) is 6.88. The van der Waals surface area contributed by atoms with Gasteiger partial charge >= 0.3 is 0 Å². The number of rotatable bonds is 6. The van der Waals surface area contributed by atoms with Gasteiger partial charge < -0.3 is 10.5 Å². The molecule has 2 N–H and O–H groups in total. The molecule has 0 aliphatic heterocycles. The molecular weight excluding hydrogens is 241 g/mol. The number of anilines is 1. The van der Waals surface area contributed by atoms with Gasteiger partial charge in [0.2, 0.25) is 0 Å². The van der Waals surface area contributed by atoms with Crippen LogP contribution in [0.15, 0.2) is 48.5 Å². The standard InChI is InChI=1S/C16H18FNO/c17-15-12-14(9-10-16(15)18)19-11-5-4-8-13-6-2-1-3-7-13/h1-3,6-7,9-10,12H,4-5,8,11,18H2. The number of aryl methyl sites for hydroxylation is 1. The molecule has 19 heavy (non-hydrogen) atoms. The molecule has 0 radical (unpaired) electrons. The van der Waals surface area contributed by atoms with Crippen LogP contribution in [0.3, 0.4) is 0 Å². The second kappa shape index (κ2) is 6.78. The molecule has 0 aromatic heterocycles. The van der Waals surface area contributed by atoms with Gasteiger partial charge in [-0.15, -0.1) is 0 Å². The van der Waals surface area contributed by atoms with E-state index in [-0.39, 0.29) is 5.69 Å². The van der Waals surface area contributed by atoms with Crippen molar-refractivity contribution in [3.63, 3.8) is 0 Å². The zero-order chi connectivity index (χ0) is 13.5. The van der Waals surface area contributed by atoms with Crippen LogP contribution in [-0.4, -0.2) is 6.61 Å². The molecule has 0 saturated heterocycles. The lowest BCUT2D eigenvalue weighted by Crippen LogP contribution is -1.99. The molecule has 0 unspecified atom stereocenters. The first-order valence-corrected chi connectivity index (χ1v) is 6.47. The van der Waals surface area contributed by atoms with Gasteiger partial charge in [0.1, 0.15) is 11.6 Å². The van der Waals surface area contributed by atoms with E-state index < -0.39 is 5.82 Å². The van der Waals surface area contributed by atoms with Crippen LogP contribution in [-0.2, 0) is 6.42 Å². The van der Waals surface area contributed by atoms with Gasteiger partial charge in [-0.1, -0.05) is 30.3 Å². The summed E-state index contributed by atoms with van der Waals surface area (Å²) in [7, 11) is 0. The molecule has 2 nitrogen and oxygen atoms in total. The summed E-state index contributed by atoms with van der Waals surface area (Å²) in [5, 5.41) is 0. The SMILES string of the molecule is Nc1ccc(OCCCCc2ccccc2)cc1F. The molecule has 0 atom stereocenters. The topological polar surface area (TPSA) is 35.2 Å². The molecule has 0 saturated carbocycles. The molecule has 0 heterocycles. The van der Waals surface area contributed by atoms with Gasteiger partial charge in [0.15, 0.2) is 0 Å². The van der Waals surface area contributed by atoms with E-state index in [4.69, 9.17) is 10.5 Å². The van der Waals surface area contributed by atoms with Crippen LogP contribution in [0, 0.1) is 5.82 Å². The highest BCUT2D eigenvalue weighted by atomic mass is 19.1. The van der Waals surface area contributed by atoms with Gasteiger partial charge in [-0.05, 0) is 37.0 Å². The molecule has 2 rings (SSSR count). The summed E-state index contributed by atoms with van der Waals surface area (Å²) in [6.07, 6.45) is 3.04. The second-order valence-electron chi connectivity index (χ2n) is 4.47. The van der Waals surface area contributed by atoms with E-state index in [1.54, 1.807) is 6.07 Å². The highest BCUT2D eigenvalue weighted by Crippen LogP contribution is 2.18. The van der Waals surface area contributed by atoms with Crippen molar-refractivity contribution in [2.24, 2.45) is 0 Å². The Morgan fingerprint density at radius 1 is 1.00 bits per heavy atom. The molecule has 0 amide bonds. The molecule has 0 bridgehead atoms. The van der Waals surface area contributed by atoms with E-state index in [1.165, 1.54) is 17.7 Å². The number of unbranched alkanes of at least 4 members (excludes halogenated alkanes) is 1. The van der Waals surface area contributed by atoms with Crippen LogP contribution >= 0.6 is 0 Å². The fraction of sp³-hybridized carbons (Fsp3) is 0.250. The van der Waals surface area contributed by atoms with E-state index in [0.717, 1.165) is 19.3 Å². The van der Waals surface area contributed by atoms with Gasteiger partial charge in [0.05, 0.1) is 12.3 Å². The van der Waals surface area contributed by atoms with E-state index in [2.05, 4.69) is 12.1 Å². The minimum Gasteiger partial charge on any atom is -0.493 e. The maximum atomic E-state index is 13.2. The molecule has 0 spiro atoms. The summed E-state index contributed by atoms with van der Waals surface area (Å²) < 4.78 is 18.7. The fourth-order valence-corrected chi connectivity index (χ4v) is 1.86. The minimum absolute atomic E-state index is 0.149. The van der Waals surface area contributed by atoms with Crippen molar-refractivity contribution >= 4 is 5.69 Å². The first-order chi connectivity index (χ1) is 9.25. The Bertz CT molecular complexity index is 513. The van der Waals surface area contributed by atoms with Crippen LogP contribution in [0.1, 0.15) is 18.4 Å². The zero-order valence-corrected chi connectivity index (χ0v) is 10.8. The van der Waals surface area contributed by atoms with Crippen molar-refractivity contribution in [2.45, 2.75) is 19.3 Å². The second-order valence-corrected chi connectivity index (χ2v) is 4.47. The average Bonchev–Trinajstić information content (AvgIpc) is 2.43. The number of halogens is 1. The fourth-order valence-electron chi connectivity index (χ4n) is 1.86. The minimum atomic E-state index is -0.429. The maximum Gasteiger partial charge on any atom is 0.149 e. The van der Waals surface area contributed by atoms with Crippen molar-refractivity contribution in [2.75, 3.05) is 12.3 Å². The Morgan fingerprint density at radius 3 is 2.53 bits per heavy atom. The summed E-state index contributed by atoms with van der Waals surface area (Å²) in [5.74, 6) is 0.105. The van der Waals surface area contributed by atoms with Crippen molar-refractivity contribution in [1.29, 1.82) is 0 Å². The number of nitrogen functional groups attached to an aromatic ring is 1. The number of ether oxygens (including phenoxy) is 1. The Balaban J connectivity index is 1.68. The molecule has 0 aliphatic rings. The van der Waals surface area contributed by atoms with E-state index in [1.807, 2.05) is 18.2 Å². The highest BCUT2D eigenvalue weighted by molar-refractivity contribution is 5.43. The van der Waals surface area contributed by atoms with Crippen LogP contribution < -0.4 is 10.5 Å². The molecule has 3 heteroatoms. The lowest BCUT2D eigenvalue weighted by Gasteiger charge is -2.07. The van der Waals surface area contributed by atoms with Crippen molar-refractivity contribution in [1.82, 2.24) is 0 Å². The quantitative estimate of drug-likeness (QED) is 0.632. The lowest BCUT2D eigenvalue weighted by molar-refractivity contribution is 0.305. The highest BCUT2D eigenvalue weighted by Gasteiger charge is 2.00. The largest absolute Gasteiger partial charge is 0.493 e. The van der Waals surface area contributed by atoms with Gasteiger partial charge in [0.25, 0.3) is 0 Å². The Labute approximate surface area is 113 Å². The molecule has 0 fully saturated rings. The molecule has 2 aromatic rings. The summed E-state index contributed by atoms with van der Waals surface area (Å²) in [4.78, 5) is 0. The first kappa shape index (κ1) is 13.4. The summed E-state index contributed by atoms with van der Waals surface area (Å²) in [6, 6.07) is 14.9. The number of hydrogen-bond acceptors (Lipinski definition) is 2. The zero-order valence-electron chi connectivity index (χ0n) is 10.8. The average molecular weight is 259 g/mol. The molecule has 100 valence electrons. The van der Waals surface area contributed by atoms with Gasteiger partial charge in [-0.2, -0.15) is 0 Å². The van der Waals surface area contributed by atoms with Crippen molar-refractivity contribution in [3.8, 4) is 5.75 Å². The van der Waals surface area contributed by atoms with Gasteiger partial charge in [-0.3, -0.25) is 0 Å². The normalized spacial score (nSPS) is 10.4. The van der Waals surface area contributed by atoms with Crippen LogP contribution in [0.5, 0.6) is 5.75 Å². The first-order valence-electron chi connectivity index (χ1n) is 6.47. The third kappa shape index (κ3) is 4.28. The maximum absolute atomic E-state index is 13.2. The number of benzene rings is 2. The predicted molar refractivity (Wildman–Crippen MR) is 75.7 cm³/mol. The summed E-state index contributed by atoms with van der Waals surface area (Å²) in [6.45, 7) is 0.593. The van der Waals surface area contributed by atoms with Crippen molar-refractivity contribution in [3.05, 3.63) is 59.9 Å². The van der Waals surface area contributed by atoms with Crippen LogP contribution in [0.2, 0.25) is 0 Å². The van der Waals surface area contributed by atoms with Crippen LogP contribution in [0.25, 0.3) is 0 Å². The number of hydrogen-bond donors (Lipinski definition) is 1. The van der Waals surface area contributed by atoms with Crippen molar-refractivity contribution < 1.29 is 9.13 Å². The molecule has 2 aromatic carbocycles.